The van der Waals surface area contributed by atoms with Crippen LogP contribution in [0, 0.1) is 0 Å². The standard InChI is InChI=1S/C12H13ClN8O2/c1-23-12(22)10-2-4-20(16-10)8-21-17-11(15-18-21)3-5-19-7-9(13)6-14-19/h2,4,6-7H,3,5,8H2,1H3. The number of carbonyl (C=O) groups is 1. The molecule has 0 aliphatic carbocycles. The number of hydrogen-bond acceptors (Lipinski definition) is 7. The number of rotatable bonds is 6. The Morgan fingerprint density at radius 1 is 1.35 bits per heavy atom. The summed E-state index contributed by atoms with van der Waals surface area (Å²) in [7, 11) is 1.30. The van der Waals surface area contributed by atoms with Gasteiger partial charge in [-0.15, -0.1) is 15.0 Å². The van der Waals surface area contributed by atoms with Crippen LogP contribution in [0.4, 0.5) is 0 Å². The van der Waals surface area contributed by atoms with Gasteiger partial charge in [0.25, 0.3) is 0 Å². The van der Waals surface area contributed by atoms with E-state index in [1.165, 1.54) is 16.6 Å². The molecule has 0 amide bonds. The van der Waals surface area contributed by atoms with Gasteiger partial charge in [0.05, 0.1) is 18.3 Å². The van der Waals surface area contributed by atoms with Crippen molar-refractivity contribution >= 4 is 17.6 Å². The molecule has 3 heterocycles. The zero-order chi connectivity index (χ0) is 16.2. The van der Waals surface area contributed by atoms with Crippen molar-refractivity contribution in [1.82, 2.24) is 39.8 Å². The minimum atomic E-state index is -0.492. The third kappa shape index (κ3) is 3.72. The SMILES string of the molecule is COC(=O)c1ccn(Cn2nnc(CCn3cc(Cl)cn3)n2)n1. The van der Waals surface area contributed by atoms with Gasteiger partial charge in [0, 0.05) is 25.4 Å². The molecular weight excluding hydrogens is 324 g/mol. The normalized spacial score (nSPS) is 10.9. The molecule has 0 saturated heterocycles. The first-order valence-electron chi connectivity index (χ1n) is 6.70. The maximum atomic E-state index is 11.3. The van der Waals surface area contributed by atoms with E-state index in [1.807, 2.05) is 0 Å². The molecule has 0 aliphatic rings. The summed E-state index contributed by atoms with van der Waals surface area (Å²) in [5.41, 5.74) is 0.225. The van der Waals surface area contributed by atoms with Gasteiger partial charge in [0.1, 0.15) is 0 Å². The van der Waals surface area contributed by atoms with Gasteiger partial charge >= 0.3 is 5.97 Å². The Hall–Kier alpha value is -2.75. The third-order valence-electron chi connectivity index (χ3n) is 2.97. The molecule has 0 unspecified atom stereocenters. The van der Waals surface area contributed by atoms with Crippen LogP contribution in [0.5, 0.6) is 0 Å². The molecule has 10 nitrogen and oxygen atoms in total. The van der Waals surface area contributed by atoms with Crippen LogP contribution in [-0.4, -0.2) is 52.8 Å². The Morgan fingerprint density at radius 3 is 2.96 bits per heavy atom. The predicted molar refractivity (Wildman–Crippen MR) is 77.7 cm³/mol. The Morgan fingerprint density at radius 2 is 2.22 bits per heavy atom. The van der Waals surface area contributed by atoms with E-state index in [1.54, 1.807) is 29.3 Å². The number of carbonyl (C=O) groups excluding carboxylic acids is 1. The monoisotopic (exact) mass is 336 g/mol. The lowest BCUT2D eigenvalue weighted by Gasteiger charge is -1.99. The zero-order valence-electron chi connectivity index (χ0n) is 12.2. The quantitative estimate of drug-likeness (QED) is 0.594. The molecule has 0 N–H and O–H groups in total. The first-order valence-corrected chi connectivity index (χ1v) is 7.08. The van der Waals surface area contributed by atoms with E-state index in [2.05, 4.69) is 30.3 Å². The highest BCUT2D eigenvalue weighted by Gasteiger charge is 2.10. The summed E-state index contributed by atoms with van der Waals surface area (Å²) in [4.78, 5) is 12.7. The summed E-state index contributed by atoms with van der Waals surface area (Å²) in [5, 5.41) is 20.9. The molecule has 0 atom stereocenters. The van der Waals surface area contributed by atoms with Crippen molar-refractivity contribution in [1.29, 1.82) is 0 Å². The molecule has 0 saturated carbocycles. The van der Waals surface area contributed by atoms with Crippen LogP contribution in [0.25, 0.3) is 0 Å². The molecule has 0 bridgehead atoms. The number of ether oxygens (including phenoxy) is 1. The van der Waals surface area contributed by atoms with Gasteiger partial charge in [-0.1, -0.05) is 11.6 Å². The summed E-state index contributed by atoms with van der Waals surface area (Å²) in [6.07, 6.45) is 5.51. The van der Waals surface area contributed by atoms with Gasteiger partial charge in [-0.2, -0.15) is 10.2 Å². The van der Waals surface area contributed by atoms with Gasteiger partial charge in [0.2, 0.25) is 0 Å². The fourth-order valence-electron chi connectivity index (χ4n) is 1.90. The average Bonchev–Trinajstić information content (AvgIpc) is 3.26. The topological polar surface area (TPSA) is 106 Å². The Balaban J connectivity index is 1.58. The van der Waals surface area contributed by atoms with Crippen LogP contribution in [0.3, 0.4) is 0 Å². The van der Waals surface area contributed by atoms with Crippen LogP contribution in [0.1, 0.15) is 16.3 Å². The number of methoxy groups -OCH3 is 1. The van der Waals surface area contributed by atoms with Crippen molar-refractivity contribution in [3.05, 3.63) is 41.2 Å². The molecule has 3 aromatic heterocycles. The van der Waals surface area contributed by atoms with Crippen LogP contribution in [0.2, 0.25) is 5.02 Å². The lowest BCUT2D eigenvalue weighted by Crippen LogP contribution is -2.13. The van der Waals surface area contributed by atoms with Crippen LogP contribution in [0.15, 0.2) is 24.7 Å². The molecule has 0 fully saturated rings. The second-order valence-electron chi connectivity index (χ2n) is 4.62. The summed E-state index contributed by atoms with van der Waals surface area (Å²) in [6, 6.07) is 1.56. The Kier molecular flexibility index (Phi) is 4.33. The minimum absolute atomic E-state index is 0.225. The third-order valence-corrected chi connectivity index (χ3v) is 3.16. The lowest BCUT2D eigenvalue weighted by atomic mass is 10.4. The number of halogens is 1. The maximum Gasteiger partial charge on any atom is 0.358 e. The molecule has 11 heteroatoms. The van der Waals surface area contributed by atoms with E-state index < -0.39 is 5.97 Å². The fraction of sp³-hybridized carbons (Fsp3) is 0.333. The number of esters is 1. The zero-order valence-corrected chi connectivity index (χ0v) is 13.0. The van der Waals surface area contributed by atoms with Crippen molar-refractivity contribution in [3.63, 3.8) is 0 Å². The molecule has 0 radical (unpaired) electrons. The summed E-state index contributed by atoms with van der Waals surface area (Å²) >= 11 is 5.80. The van der Waals surface area contributed by atoms with Crippen molar-refractivity contribution < 1.29 is 9.53 Å². The molecule has 3 rings (SSSR count). The highest BCUT2D eigenvalue weighted by atomic mass is 35.5. The number of tetrazole rings is 1. The van der Waals surface area contributed by atoms with Crippen LogP contribution < -0.4 is 0 Å². The summed E-state index contributed by atoms with van der Waals surface area (Å²) in [5.74, 6) is 0.0887. The summed E-state index contributed by atoms with van der Waals surface area (Å²) < 4.78 is 7.82. The van der Waals surface area contributed by atoms with Gasteiger partial charge in [-0.3, -0.25) is 4.68 Å². The van der Waals surface area contributed by atoms with E-state index >= 15 is 0 Å². The van der Waals surface area contributed by atoms with Crippen molar-refractivity contribution in [2.24, 2.45) is 0 Å². The molecule has 0 aliphatic heterocycles. The minimum Gasteiger partial charge on any atom is -0.464 e. The van der Waals surface area contributed by atoms with Crippen LogP contribution in [-0.2, 0) is 24.4 Å². The number of nitrogens with zero attached hydrogens (tertiary/aromatic N) is 8. The number of aromatic nitrogens is 8. The first-order chi connectivity index (χ1) is 11.1. The highest BCUT2D eigenvalue weighted by molar-refractivity contribution is 6.30. The van der Waals surface area contributed by atoms with E-state index in [9.17, 15) is 4.79 Å². The van der Waals surface area contributed by atoms with Crippen LogP contribution >= 0.6 is 11.6 Å². The largest absolute Gasteiger partial charge is 0.464 e. The molecule has 0 spiro atoms. The van der Waals surface area contributed by atoms with E-state index in [0.29, 0.717) is 23.8 Å². The number of aryl methyl sites for hydroxylation is 2. The maximum absolute atomic E-state index is 11.3. The van der Waals surface area contributed by atoms with Crippen molar-refractivity contribution in [3.8, 4) is 0 Å². The second-order valence-corrected chi connectivity index (χ2v) is 5.06. The average molecular weight is 337 g/mol. The van der Waals surface area contributed by atoms with Gasteiger partial charge in [0.15, 0.2) is 18.2 Å². The second kappa shape index (κ2) is 6.57. The van der Waals surface area contributed by atoms with Gasteiger partial charge in [-0.25, -0.2) is 9.48 Å². The molecule has 23 heavy (non-hydrogen) atoms. The lowest BCUT2D eigenvalue weighted by molar-refractivity contribution is 0.0592. The Labute approximate surface area is 135 Å². The predicted octanol–water partition coefficient (Wildman–Crippen LogP) is 0.255. The van der Waals surface area contributed by atoms with Crippen molar-refractivity contribution in [2.75, 3.05) is 7.11 Å². The first kappa shape index (κ1) is 15.2. The smallest absolute Gasteiger partial charge is 0.358 e. The van der Waals surface area contributed by atoms with E-state index in [0.717, 1.165) is 0 Å². The molecular formula is C12H13ClN8O2. The highest BCUT2D eigenvalue weighted by Crippen LogP contribution is 2.05. The number of hydrogen-bond donors (Lipinski definition) is 0. The summed E-state index contributed by atoms with van der Waals surface area (Å²) in [6.45, 7) is 0.851. The molecule has 3 aromatic rings. The van der Waals surface area contributed by atoms with Gasteiger partial charge < -0.3 is 4.74 Å². The van der Waals surface area contributed by atoms with E-state index in [4.69, 9.17) is 11.6 Å². The fourth-order valence-corrected chi connectivity index (χ4v) is 2.05. The molecule has 120 valence electrons. The van der Waals surface area contributed by atoms with Crippen molar-refractivity contribution in [2.45, 2.75) is 19.6 Å². The van der Waals surface area contributed by atoms with Gasteiger partial charge in [-0.05, 0) is 11.3 Å². The Bertz CT molecular complexity index is 807. The molecule has 0 aromatic carbocycles. The van der Waals surface area contributed by atoms with E-state index in [-0.39, 0.29) is 12.4 Å².